The van der Waals surface area contributed by atoms with Crippen LogP contribution < -0.4 is 15.8 Å². The number of nitrogens with one attached hydrogen (secondary N) is 1. The molecule has 24 heavy (non-hydrogen) atoms. The SMILES string of the molecule is Cc1csc(Oc2ccc(CNC(=O)c3cccnc3N)cc2)c1. The molecule has 0 radical (unpaired) electrons. The molecule has 0 spiro atoms. The number of benzene rings is 1. The topological polar surface area (TPSA) is 77.2 Å². The van der Waals surface area contributed by atoms with Crippen molar-refractivity contribution in [2.75, 3.05) is 5.73 Å². The van der Waals surface area contributed by atoms with E-state index < -0.39 is 0 Å². The van der Waals surface area contributed by atoms with Crippen molar-refractivity contribution < 1.29 is 9.53 Å². The van der Waals surface area contributed by atoms with Crippen LogP contribution >= 0.6 is 11.3 Å². The number of hydrogen-bond donors (Lipinski definition) is 2. The van der Waals surface area contributed by atoms with Crippen molar-refractivity contribution >= 4 is 23.1 Å². The van der Waals surface area contributed by atoms with E-state index in [1.165, 1.54) is 5.56 Å². The van der Waals surface area contributed by atoms with Crippen LogP contribution in [-0.2, 0) is 6.54 Å². The second-order valence-corrected chi connectivity index (χ2v) is 6.18. The lowest BCUT2D eigenvalue weighted by atomic mass is 10.2. The molecule has 0 unspecified atom stereocenters. The predicted octanol–water partition coefficient (Wildman–Crippen LogP) is 3.76. The summed E-state index contributed by atoms with van der Waals surface area (Å²) in [6.45, 7) is 2.44. The number of pyridine rings is 1. The summed E-state index contributed by atoms with van der Waals surface area (Å²) in [5.74, 6) is 0.753. The lowest BCUT2D eigenvalue weighted by Crippen LogP contribution is -2.24. The van der Waals surface area contributed by atoms with Gasteiger partial charge in [0.2, 0.25) is 0 Å². The highest BCUT2D eigenvalue weighted by Gasteiger charge is 2.09. The van der Waals surface area contributed by atoms with Crippen LogP contribution in [0.2, 0.25) is 0 Å². The first-order valence-corrected chi connectivity index (χ1v) is 8.30. The van der Waals surface area contributed by atoms with Crippen molar-refractivity contribution in [1.82, 2.24) is 10.3 Å². The molecule has 2 aromatic heterocycles. The highest BCUT2D eigenvalue weighted by Crippen LogP contribution is 2.28. The summed E-state index contributed by atoms with van der Waals surface area (Å²) in [5, 5.41) is 5.74. The molecule has 5 nitrogen and oxygen atoms in total. The van der Waals surface area contributed by atoms with Crippen molar-refractivity contribution in [2.24, 2.45) is 0 Å². The second-order valence-electron chi connectivity index (χ2n) is 5.31. The van der Waals surface area contributed by atoms with Gasteiger partial charge in [0.1, 0.15) is 11.6 Å². The molecular formula is C18H17N3O2S. The number of anilines is 1. The van der Waals surface area contributed by atoms with Crippen LogP contribution in [-0.4, -0.2) is 10.9 Å². The summed E-state index contributed by atoms with van der Waals surface area (Å²) in [6, 6.07) is 12.9. The fraction of sp³-hybridized carbons (Fsp3) is 0.111. The molecule has 0 atom stereocenters. The van der Waals surface area contributed by atoms with Gasteiger partial charge < -0.3 is 15.8 Å². The van der Waals surface area contributed by atoms with Gasteiger partial charge in [-0.15, -0.1) is 11.3 Å². The lowest BCUT2D eigenvalue weighted by Gasteiger charge is -2.08. The highest BCUT2D eigenvalue weighted by molar-refractivity contribution is 7.12. The van der Waals surface area contributed by atoms with E-state index in [-0.39, 0.29) is 11.7 Å². The number of carbonyl (C=O) groups is 1. The average Bonchev–Trinajstić information content (AvgIpc) is 2.99. The van der Waals surface area contributed by atoms with Gasteiger partial charge in [-0.05, 0) is 53.8 Å². The standard InChI is InChI=1S/C18H17N3O2S/c1-12-9-16(24-11-12)23-14-6-4-13(5-7-14)10-21-18(22)15-3-2-8-20-17(15)19/h2-9,11H,10H2,1H3,(H2,19,20)(H,21,22). The number of nitrogens with two attached hydrogens (primary N) is 1. The Morgan fingerprint density at radius 3 is 2.75 bits per heavy atom. The number of thiophene rings is 1. The Balaban J connectivity index is 1.58. The van der Waals surface area contributed by atoms with E-state index in [4.69, 9.17) is 10.5 Å². The van der Waals surface area contributed by atoms with E-state index in [1.54, 1.807) is 29.7 Å². The van der Waals surface area contributed by atoms with E-state index >= 15 is 0 Å². The predicted molar refractivity (Wildman–Crippen MR) is 95.4 cm³/mol. The average molecular weight is 339 g/mol. The van der Waals surface area contributed by atoms with Gasteiger partial charge in [-0.2, -0.15) is 0 Å². The molecule has 1 aromatic carbocycles. The molecule has 122 valence electrons. The number of nitrogens with zero attached hydrogens (tertiary/aromatic N) is 1. The minimum Gasteiger partial charge on any atom is -0.447 e. The molecular weight excluding hydrogens is 322 g/mol. The van der Waals surface area contributed by atoms with Crippen LogP contribution in [0, 0.1) is 6.92 Å². The maximum absolute atomic E-state index is 12.1. The van der Waals surface area contributed by atoms with E-state index in [0.717, 1.165) is 16.4 Å². The molecule has 6 heteroatoms. The lowest BCUT2D eigenvalue weighted by molar-refractivity contribution is 0.0951. The second kappa shape index (κ2) is 7.14. The summed E-state index contributed by atoms with van der Waals surface area (Å²) < 4.78 is 5.77. The van der Waals surface area contributed by atoms with Crippen LogP contribution in [0.3, 0.4) is 0 Å². The Morgan fingerprint density at radius 1 is 1.29 bits per heavy atom. The molecule has 2 heterocycles. The van der Waals surface area contributed by atoms with Gasteiger partial charge in [-0.25, -0.2) is 4.98 Å². The molecule has 0 saturated carbocycles. The number of aryl methyl sites for hydroxylation is 1. The summed E-state index contributed by atoms with van der Waals surface area (Å²) in [4.78, 5) is 16.0. The van der Waals surface area contributed by atoms with Gasteiger partial charge >= 0.3 is 0 Å². The Bertz CT molecular complexity index is 843. The van der Waals surface area contributed by atoms with Gasteiger partial charge in [-0.1, -0.05) is 12.1 Å². The van der Waals surface area contributed by atoms with Crippen LogP contribution in [0.4, 0.5) is 5.82 Å². The third-order valence-electron chi connectivity index (χ3n) is 3.38. The maximum atomic E-state index is 12.1. The zero-order valence-corrected chi connectivity index (χ0v) is 14.0. The third kappa shape index (κ3) is 3.91. The number of rotatable bonds is 5. The van der Waals surface area contributed by atoms with Crippen molar-refractivity contribution in [3.8, 4) is 10.8 Å². The zero-order chi connectivity index (χ0) is 16.9. The van der Waals surface area contributed by atoms with E-state index in [1.807, 2.05) is 42.6 Å². The van der Waals surface area contributed by atoms with E-state index in [9.17, 15) is 4.79 Å². The van der Waals surface area contributed by atoms with Crippen LogP contribution in [0.5, 0.6) is 10.8 Å². The van der Waals surface area contributed by atoms with Crippen molar-refractivity contribution in [1.29, 1.82) is 0 Å². The molecule has 3 N–H and O–H groups in total. The number of carbonyl (C=O) groups excluding carboxylic acids is 1. The van der Waals surface area contributed by atoms with Gasteiger partial charge in [-0.3, -0.25) is 4.79 Å². The molecule has 3 aromatic rings. The Hall–Kier alpha value is -2.86. The minimum atomic E-state index is -0.241. The largest absolute Gasteiger partial charge is 0.447 e. The smallest absolute Gasteiger partial charge is 0.255 e. The Morgan fingerprint density at radius 2 is 2.08 bits per heavy atom. The number of ether oxygens (including phenoxy) is 1. The summed E-state index contributed by atoms with van der Waals surface area (Å²) in [7, 11) is 0. The quantitative estimate of drug-likeness (QED) is 0.742. The molecule has 0 aliphatic carbocycles. The van der Waals surface area contributed by atoms with Gasteiger partial charge in [0, 0.05) is 12.7 Å². The van der Waals surface area contributed by atoms with Gasteiger partial charge in [0.05, 0.1) is 5.56 Å². The summed E-state index contributed by atoms with van der Waals surface area (Å²) >= 11 is 1.56. The molecule has 3 rings (SSSR count). The zero-order valence-electron chi connectivity index (χ0n) is 13.2. The van der Waals surface area contributed by atoms with E-state index in [2.05, 4.69) is 10.3 Å². The third-order valence-corrected chi connectivity index (χ3v) is 4.31. The van der Waals surface area contributed by atoms with Crippen molar-refractivity contribution in [3.63, 3.8) is 0 Å². The van der Waals surface area contributed by atoms with Crippen LogP contribution in [0.25, 0.3) is 0 Å². The van der Waals surface area contributed by atoms with Crippen LogP contribution in [0.1, 0.15) is 21.5 Å². The maximum Gasteiger partial charge on any atom is 0.255 e. The molecule has 0 aliphatic heterocycles. The molecule has 0 fully saturated rings. The first-order valence-electron chi connectivity index (χ1n) is 7.42. The first kappa shape index (κ1) is 16.0. The van der Waals surface area contributed by atoms with Crippen LogP contribution in [0.15, 0.2) is 54.0 Å². The fourth-order valence-corrected chi connectivity index (χ4v) is 2.91. The summed E-state index contributed by atoms with van der Waals surface area (Å²) in [5.41, 5.74) is 8.23. The Labute approximate surface area is 144 Å². The van der Waals surface area contributed by atoms with E-state index in [0.29, 0.717) is 12.1 Å². The number of nitrogen functional groups attached to an aromatic ring is 1. The van der Waals surface area contributed by atoms with Crippen molar-refractivity contribution in [3.05, 3.63) is 70.7 Å². The molecule has 0 aliphatic rings. The fourth-order valence-electron chi connectivity index (χ4n) is 2.14. The minimum absolute atomic E-state index is 0.227. The number of aromatic nitrogens is 1. The number of hydrogen-bond acceptors (Lipinski definition) is 5. The van der Waals surface area contributed by atoms with Gasteiger partial charge in [0.15, 0.2) is 5.06 Å². The Kier molecular flexibility index (Phi) is 4.77. The monoisotopic (exact) mass is 339 g/mol. The van der Waals surface area contributed by atoms with Gasteiger partial charge in [0.25, 0.3) is 5.91 Å². The first-order chi connectivity index (χ1) is 11.6. The normalized spacial score (nSPS) is 10.4. The molecule has 1 amide bonds. The highest BCUT2D eigenvalue weighted by atomic mass is 32.1. The number of amides is 1. The summed E-state index contributed by atoms with van der Waals surface area (Å²) in [6.07, 6.45) is 1.56. The molecule has 0 saturated heterocycles. The molecule has 0 bridgehead atoms. The van der Waals surface area contributed by atoms with Crippen molar-refractivity contribution in [2.45, 2.75) is 13.5 Å².